The molecule has 1 saturated carbocycles. The molecule has 2 atom stereocenters. The zero-order valence-corrected chi connectivity index (χ0v) is 12.2. The molecule has 1 N–H and O–H groups in total. The first-order valence-corrected chi connectivity index (χ1v) is 7.91. The van der Waals surface area contributed by atoms with E-state index in [1.54, 1.807) is 0 Å². The van der Waals surface area contributed by atoms with Crippen molar-refractivity contribution in [2.24, 2.45) is 5.41 Å². The lowest BCUT2D eigenvalue weighted by Gasteiger charge is -2.34. The van der Waals surface area contributed by atoms with Crippen molar-refractivity contribution >= 4 is 0 Å². The second kappa shape index (κ2) is 6.08. The van der Waals surface area contributed by atoms with Gasteiger partial charge >= 0.3 is 0 Å². The van der Waals surface area contributed by atoms with Gasteiger partial charge in [-0.2, -0.15) is 0 Å². The van der Waals surface area contributed by atoms with Crippen molar-refractivity contribution in [3.63, 3.8) is 0 Å². The SMILES string of the molecule is CC1CN(CC2(CNC3CC3)CCOC2)CCCO1. The highest BCUT2D eigenvalue weighted by Gasteiger charge is 2.38. The number of nitrogens with zero attached hydrogens (tertiary/aromatic N) is 1. The van der Waals surface area contributed by atoms with E-state index in [0.717, 1.165) is 45.4 Å². The molecule has 3 fully saturated rings. The first-order chi connectivity index (χ1) is 9.26. The van der Waals surface area contributed by atoms with Crippen LogP contribution in [0.5, 0.6) is 0 Å². The Kier molecular flexibility index (Phi) is 4.42. The first-order valence-electron chi connectivity index (χ1n) is 7.91. The summed E-state index contributed by atoms with van der Waals surface area (Å²) in [6, 6.07) is 0.795. The van der Waals surface area contributed by atoms with Crippen molar-refractivity contribution in [3.8, 4) is 0 Å². The fraction of sp³-hybridized carbons (Fsp3) is 1.00. The molecule has 2 aliphatic heterocycles. The largest absolute Gasteiger partial charge is 0.381 e. The van der Waals surface area contributed by atoms with Crippen molar-refractivity contribution in [1.29, 1.82) is 0 Å². The minimum Gasteiger partial charge on any atom is -0.381 e. The Bertz CT molecular complexity index is 288. The third kappa shape index (κ3) is 3.91. The van der Waals surface area contributed by atoms with E-state index in [9.17, 15) is 0 Å². The van der Waals surface area contributed by atoms with E-state index in [4.69, 9.17) is 9.47 Å². The molecule has 0 spiro atoms. The Morgan fingerprint density at radius 3 is 2.95 bits per heavy atom. The summed E-state index contributed by atoms with van der Waals surface area (Å²) < 4.78 is 11.5. The maximum Gasteiger partial charge on any atom is 0.0673 e. The first kappa shape index (κ1) is 13.8. The minimum atomic E-state index is 0.340. The molecule has 0 radical (unpaired) electrons. The number of nitrogens with one attached hydrogen (secondary N) is 1. The monoisotopic (exact) mass is 268 g/mol. The van der Waals surface area contributed by atoms with Crippen molar-refractivity contribution in [2.45, 2.75) is 44.8 Å². The minimum absolute atomic E-state index is 0.340. The van der Waals surface area contributed by atoms with Gasteiger partial charge in [-0.25, -0.2) is 0 Å². The van der Waals surface area contributed by atoms with Crippen molar-refractivity contribution in [3.05, 3.63) is 0 Å². The number of ether oxygens (including phenoxy) is 2. The fourth-order valence-electron chi connectivity index (χ4n) is 3.32. The predicted molar refractivity (Wildman–Crippen MR) is 75.4 cm³/mol. The highest BCUT2D eigenvalue weighted by molar-refractivity contribution is 4.92. The zero-order chi connectivity index (χ0) is 13.1. The van der Waals surface area contributed by atoms with Crippen LogP contribution in [0.2, 0.25) is 0 Å². The molecule has 2 heterocycles. The molecular weight excluding hydrogens is 240 g/mol. The highest BCUT2D eigenvalue weighted by Crippen LogP contribution is 2.31. The van der Waals surface area contributed by atoms with Gasteiger partial charge < -0.3 is 14.8 Å². The quantitative estimate of drug-likeness (QED) is 0.814. The summed E-state index contributed by atoms with van der Waals surface area (Å²) in [7, 11) is 0. The van der Waals surface area contributed by atoms with E-state index in [1.165, 1.54) is 32.4 Å². The molecule has 110 valence electrons. The third-order valence-electron chi connectivity index (χ3n) is 4.62. The number of hydrogen-bond acceptors (Lipinski definition) is 4. The van der Waals surface area contributed by atoms with Crippen molar-refractivity contribution in [1.82, 2.24) is 10.2 Å². The second-order valence-electron chi connectivity index (χ2n) is 6.73. The molecule has 3 aliphatic rings. The van der Waals surface area contributed by atoms with Crippen LogP contribution in [-0.4, -0.2) is 63.0 Å². The summed E-state index contributed by atoms with van der Waals surface area (Å²) in [4.78, 5) is 2.60. The van der Waals surface area contributed by atoms with Crippen LogP contribution in [0.4, 0.5) is 0 Å². The van der Waals surface area contributed by atoms with Crippen LogP contribution < -0.4 is 5.32 Å². The maximum atomic E-state index is 5.75. The van der Waals surface area contributed by atoms with Crippen LogP contribution in [0, 0.1) is 5.41 Å². The van der Waals surface area contributed by atoms with E-state index in [-0.39, 0.29) is 0 Å². The van der Waals surface area contributed by atoms with Crippen LogP contribution in [0.25, 0.3) is 0 Å². The van der Waals surface area contributed by atoms with Gasteiger partial charge in [0.15, 0.2) is 0 Å². The van der Waals surface area contributed by atoms with E-state index >= 15 is 0 Å². The average Bonchev–Trinajstić information content (AvgIpc) is 3.15. The summed E-state index contributed by atoms with van der Waals surface area (Å²) in [6.07, 6.45) is 5.48. The third-order valence-corrected chi connectivity index (χ3v) is 4.62. The molecule has 2 saturated heterocycles. The standard InChI is InChI=1S/C15H28N2O2/c1-13-9-17(6-2-7-19-13)11-15(5-8-18-12-15)10-16-14-3-4-14/h13-14,16H,2-12H2,1H3. The number of hydrogen-bond donors (Lipinski definition) is 1. The summed E-state index contributed by atoms with van der Waals surface area (Å²) in [5, 5.41) is 3.72. The lowest BCUT2D eigenvalue weighted by Crippen LogP contribution is -2.46. The van der Waals surface area contributed by atoms with Gasteiger partial charge in [-0.15, -0.1) is 0 Å². The Balaban J connectivity index is 1.56. The Morgan fingerprint density at radius 1 is 1.32 bits per heavy atom. The molecule has 19 heavy (non-hydrogen) atoms. The molecule has 4 nitrogen and oxygen atoms in total. The summed E-state index contributed by atoms with van der Waals surface area (Å²) >= 11 is 0. The van der Waals surface area contributed by atoms with Crippen LogP contribution in [0.15, 0.2) is 0 Å². The van der Waals surface area contributed by atoms with E-state index in [0.29, 0.717) is 11.5 Å². The van der Waals surface area contributed by atoms with E-state index in [1.807, 2.05) is 0 Å². The summed E-state index contributed by atoms with van der Waals surface area (Å²) in [6.45, 7) is 9.52. The second-order valence-corrected chi connectivity index (χ2v) is 6.73. The lowest BCUT2D eigenvalue weighted by atomic mass is 9.86. The fourth-order valence-corrected chi connectivity index (χ4v) is 3.32. The molecular formula is C15H28N2O2. The van der Waals surface area contributed by atoms with Gasteiger partial charge in [-0.3, -0.25) is 4.90 Å². The zero-order valence-electron chi connectivity index (χ0n) is 12.2. The number of rotatable bonds is 5. The van der Waals surface area contributed by atoms with Gasteiger partial charge in [0.2, 0.25) is 0 Å². The summed E-state index contributed by atoms with van der Waals surface area (Å²) in [5.74, 6) is 0. The Labute approximate surface area is 116 Å². The lowest BCUT2D eigenvalue weighted by molar-refractivity contribution is 0.0555. The van der Waals surface area contributed by atoms with Gasteiger partial charge in [-0.05, 0) is 32.6 Å². The highest BCUT2D eigenvalue weighted by atomic mass is 16.5. The maximum absolute atomic E-state index is 5.75. The molecule has 0 aromatic rings. The van der Waals surface area contributed by atoms with E-state index < -0.39 is 0 Å². The smallest absolute Gasteiger partial charge is 0.0673 e. The molecule has 0 aromatic carbocycles. The van der Waals surface area contributed by atoms with Crippen molar-refractivity contribution < 1.29 is 9.47 Å². The molecule has 0 amide bonds. The molecule has 4 heteroatoms. The molecule has 3 rings (SSSR count). The predicted octanol–water partition coefficient (Wildman–Crippen LogP) is 1.26. The molecule has 1 aliphatic carbocycles. The molecule has 0 aromatic heterocycles. The van der Waals surface area contributed by atoms with Crippen LogP contribution in [0.1, 0.15) is 32.6 Å². The normalized spacial score (nSPS) is 37.4. The van der Waals surface area contributed by atoms with Crippen LogP contribution in [-0.2, 0) is 9.47 Å². The molecule has 2 unspecified atom stereocenters. The van der Waals surface area contributed by atoms with Crippen LogP contribution in [0.3, 0.4) is 0 Å². The van der Waals surface area contributed by atoms with Gasteiger partial charge in [-0.1, -0.05) is 0 Å². The summed E-state index contributed by atoms with van der Waals surface area (Å²) in [5.41, 5.74) is 0.340. The van der Waals surface area contributed by atoms with Gasteiger partial charge in [0.05, 0.1) is 12.7 Å². The van der Waals surface area contributed by atoms with Gasteiger partial charge in [0.25, 0.3) is 0 Å². The van der Waals surface area contributed by atoms with Crippen LogP contribution >= 0.6 is 0 Å². The average molecular weight is 268 g/mol. The Hall–Kier alpha value is -0.160. The van der Waals surface area contributed by atoms with Gasteiger partial charge in [0.1, 0.15) is 0 Å². The Morgan fingerprint density at radius 2 is 2.21 bits per heavy atom. The molecule has 0 bridgehead atoms. The van der Waals surface area contributed by atoms with Gasteiger partial charge in [0, 0.05) is 50.8 Å². The van der Waals surface area contributed by atoms with Crippen molar-refractivity contribution in [2.75, 3.05) is 46.0 Å². The van der Waals surface area contributed by atoms with E-state index in [2.05, 4.69) is 17.1 Å². The topological polar surface area (TPSA) is 33.7 Å².